The summed E-state index contributed by atoms with van der Waals surface area (Å²) in [6, 6.07) is 11.6. The van der Waals surface area contributed by atoms with E-state index in [9.17, 15) is 13.2 Å². The summed E-state index contributed by atoms with van der Waals surface area (Å²) in [6.45, 7) is 5.36. The number of amides is 1. The molecule has 1 heterocycles. The Bertz CT molecular complexity index is 986. The number of carbonyl (C=O) groups is 1. The molecule has 1 aliphatic heterocycles. The molecule has 1 fully saturated rings. The number of anilines is 1. The Hall–Kier alpha value is -2.78. The van der Waals surface area contributed by atoms with Crippen LogP contribution in [-0.2, 0) is 14.8 Å². The van der Waals surface area contributed by atoms with Gasteiger partial charge >= 0.3 is 0 Å². The normalized spacial score (nSPS) is 14.3. The highest BCUT2D eigenvalue weighted by Gasteiger charge is 2.30. The van der Waals surface area contributed by atoms with Crippen LogP contribution >= 0.6 is 0 Å². The Labute approximate surface area is 183 Å². The maximum Gasteiger partial charge on any atom is 0.262 e. The van der Waals surface area contributed by atoms with Crippen molar-refractivity contribution in [3.8, 4) is 17.2 Å². The van der Waals surface area contributed by atoms with Gasteiger partial charge in [-0.15, -0.1) is 0 Å². The third kappa shape index (κ3) is 5.89. The molecule has 31 heavy (non-hydrogen) atoms. The second kappa shape index (κ2) is 10.5. The zero-order chi connectivity index (χ0) is 22.3. The summed E-state index contributed by atoms with van der Waals surface area (Å²) in [5.41, 5.74) is 0.363. The van der Waals surface area contributed by atoms with Crippen LogP contribution < -0.4 is 19.5 Å². The molecule has 1 saturated heterocycles. The van der Waals surface area contributed by atoms with Gasteiger partial charge in [-0.1, -0.05) is 0 Å². The molecule has 2 aromatic rings. The van der Waals surface area contributed by atoms with Crippen LogP contribution in [0.5, 0.6) is 17.2 Å². The summed E-state index contributed by atoms with van der Waals surface area (Å²) in [6.07, 6.45) is 1.67. The fourth-order valence-electron chi connectivity index (χ4n) is 3.27. The van der Waals surface area contributed by atoms with Gasteiger partial charge in [-0.2, -0.15) is 4.31 Å². The summed E-state index contributed by atoms with van der Waals surface area (Å²) >= 11 is 0. The maximum absolute atomic E-state index is 13.1. The number of nitrogens with one attached hydrogen (secondary N) is 1. The van der Waals surface area contributed by atoms with E-state index >= 15 is 0 Å². The number of carbonyl (C=O) groups excluding carboxylic acids is 1. The lowest BCUT2D eigenvalue weighted by Gasteiger charge is -2.19. The van der Waals surface area contributed by atoms with Crippen LogP contribution in [0, 0.1) is 0 Å². The van der Waals surface area contributed by atoms with Crippen LogP contribution in [-0.4, -0.2) is 51.5 Å². The minimum absolute atomic E-state index is 0.0569. The molecule has 0 radical (unpaired) electrons. The van der Waals surface area contributed by atoms with E-state index in [2.05, 4.69) is 5.32 Å². The Kier molecular flexibility index (Phi) is 7.75. The maximum atomic E-state index is 13.1. The monoisotopic (exact) mass is 448 g/mol. The van der Waals surface area contributed by atoms with Crippen LogP contribution in [0.25, 0.3) is 0 Å². The number of sulfonamides is 1. The molecule has 2 aromatic carbocycles. The Morgan fingerprint density at radius 1 is 0.935 bits per heavy atom. The van der Waals surface area contributed by atoms with Gasteiger partial charge in [0, 0.05) is 18.8 Å². The molecule has 3 rings (SSSR count). The molecule has 0 bridgehead atoms. The molecule has 8 nitrogen and oxygen atoms in total. The molecular formula is C22H28N2O6S. The van der Waals surface area contributed by atoms with Crippen molar-refractivity contribution in [3.63, 3.8) is 0 Å². The van der Waals surface area contributed by atoms with Gasteiger partial charge in [-0.25, -0.2) is 8.42 Å². The molecule has 0 saturated carbocycles. The molecule has 1 N–H and O–H groups in total. The van der Waals surface area contributed by atoms with E-state index in [1.165, 1.54) is 10.4 Å². The van der Waals surface area contributed by atoms with Crippen LogP contribution in [0.3, 0.4) is 0 Å². The van der Waals surface area contributed by atoms with Crippen molar-refractivity contribution < 1.29 is 27.4 Å². The molecule has 0 atom stereocenters. The smallest absolute Gasteiger partial charge is 0.262 e. The van der Waals surface area contributed by atoms with Gasteiger partial charge in [0.25, 0.3) is 5.91 Å². The second-order valence-electron chi connectivity index (χ2n) is 6.95. The first kappa shape index (κ1) is 22.9. The number of ether oxygens (including phenoxy) is 3. The summed E-state index contributed by atoms with van der Waals surface area (Å²) in [5.74, 6) is 1.13. The average Bonchev–Trinajstić information content (AvgIpc) is 3.31. The first-order valence-electron chi connectivity index (χ1n) is 10.4. The molecule has 0 spiro atoms. The Morgan fingerprint density at radius 3 is 2.16 bits per heavy atom. The fourth-order valence-corrected chi connectivity index (χ4v) is 4.95. The van der Waals surface area contributed by atoms with E-state index in [0.29, 0.717) is 37.7 Å². The third-order valence-electron chi connectivity index (χ3n) is 4.71. The lowest BCUT2D eigenvalue weighted by Crippen LogP contribution is -2.28. The van der Waals surface area contributed by atoms with Gasteiger partial charge in [-0.05, 0) is 69.2 Å². The zero-order valence-electron chi connectivity index (χ0n) is 17.8. The first-order valence-corrected chi connectivity index (χ1v) is 11.8. The molecule has 1 amide bonds. The molecule has 9 heteroatoms. The molecule has 1 aliphatic rings. The summed E-state index contributed by atoms with van der Waals surface area (Å²) < 4.78 is 43.9. The summed E-state index contributed by atoms with van der Waals surface area (Å²) in [7, 11) is -3.70. The SMILES string of the molecule is CCOc1ccc(OCC(=O)Nc2ccc(OCC)c(S(=O)(=O)N3CCCC3)c2)cc1. The van der Waals surface area contributed by atoms with Gasteiger partial charge in [0.1, 0.15) is 22.1 Å². The van der Waals surface area contributed by atoms with Gasteiger partial charge in [0.05, 0.1) is 13.2 Å². The van der Waals surface area contributed by atoms with Gasteiger partial charge in [0.2, 0.25) is 10.0 Å². The van der Waals surface area contributed by atoms with Crippen molar-refractivity contribution in [1.82, 2.24) is 4.31 Å². The third-order valence-corrected chi connectivity index (χ3v) is 6.63. The van der Waals surface area contributed by atoms with Crippen LogP contribution in [0.15, 0.2) is 47.4 Å². The van der Waals surface area contributed by atoms with Gasteiger partial charge in [0.15, 0.2) is 6.61 Å². The predicted octanol–water partition coefficient (Wildman–Crippen LogP) is 3.29. The van der Waals surface area contributed by atoms with Gasteiger partial charge in [-0.3, -0.25) is 4.79 Å². The number of hydrogen-bond acceptors (Lipinski definition) is 6. The topological polar surface area (TPSA) is 94.2 Å². The Balaban J connectivity index is 1.68. The van der Waals surface area contributed by atoms with Crippen LogP contribution in [0.2, 0.25) is 0 Å². The second-order valence-corrected chi connectivity index (χ2v) is 8.85. The number of benzene rings is 2. The highest BCUT2D eigenvalue weighted by molar-refractivity contribution is 7.89. The number of hydrogen-bond donors (Lipinski definition) is 1. The van der Waals surface area contributed by atoms with Crippen molar-refractivity contribution in [3.05, 3.63) is 42.5 Å². The Morgan fingerprint density at radius 2 is 1.55 bits per heavy atom. The molecule has 0 unspecified atom stereocenters. The molecule has 168 valence electrons. The molecular weight excluding hydrogens is 420 g/mol. The van der Waals surface area contributed by atoms with Crippen LogP contribution in [0.1, 0.15) is 26.7 Å². The summed E-state index contributed by atoms with van der Waals surface area (Å²) in [4.78, 5) is 12.4. The van der Waals surface area contributed by atoms with E-state index in [0.717, 1.165) is 18.6 Å². The number of rotatable bonds is 10. The lowest BCUT2D eigenvalue weighted by atomic mass is 10.3. The average molecular weight is 449 g/mol. The van der Waals surface area contributed by atoms with E-state index in [1.54, 1.807) is 43.3 Å². The summed E-state index contributed by atoms with van der Waals surface area (Å²) in [5, 5.41) is 2.69. The number of nitrogens with zero attached hydrogens (tertiary/aromatic N) is 1. The van der Waals surface area contributed by atoms with Crippen molar-refractivity contribution in [1.29, 1.82) is 0 Å². The first-order chi connectivity index (χ1) is 14.9. The van der Waals surface area contributed by atoms with Crippen molar-refractivity contribution in [2.24, 2.45) is 0 Å². The minimum atomic E-state index is -3.70. The van der Waals surface area contributed by atoms with Crippen LogP contribution in [0.4, 0.5) is 5.69 Å². The van der Waals surface area contributed by atoms with E-state index < -0.39 is 15.9 Å². The van der Waals surface area contributed by atoms with Crippen molar-refractivity contribution in [2.45, 2.75) is 31.6 Å². The standard InChI is InChI=1S/C22H28N2O6S/c1-3-28-18-8-10-19(11-9-18)30-16-22(25)23-17-7-12-20(29-4-2)21(15-17)31(26,27)24-13-5-6-14-24/h7-12,15H,3-6,13-14,16H2,1-2H3,(H,23,25). The molecule has 0 aliphatic carbocycles. The quantitative estimate of drug-likeness (QED) is 0.599. The zero-order valence-corrected chi connectivity index (χ0v) is 18.6. The highest BCUT2D eigenvalue weighted by atomic mass is 32.2. The van der Waals surface area contributed by atoms with Crippen molar-refractivity contribution >= 4 is 21.6 Å². The molecule has 0 aromatic heterocycles. The highest BCUT2D eigenvalue weighted by Crippen LogP contribution is 2.31. The van der Waals surface area contributed by atoms with E-state index in [-0.39, 0.29) is 17.3 Å². The predicted molar refractivity (Wildman–Crippen MR) is 117 cm³/mol. The van der Waals surface area contributed by atoms with E-state index in [1.807, 2.05) is 6.92 Å². The van der Waals surface area contributed by atoms with Gasteiger partial charge < -0.3 is 19.5 Å². The largest absolute Gasteiger partial charge is 0.494 e. The minimum Gasteiger partial charge on any atom is -0.494 e. The lowest BCUT2D eigenvalue weighted by molar-refractivity contribution is -0.118. The van der Waals surface area contributed by atoms with E-state index in [4.69, 9.17) is 14.2 Å². The fraction of sp³-hybridized carbons (Fsp3) is 0.409. The van der Waals surface area contributed by atoms with Crippen molar-refractivity contribution in [2.75, 3.05) is 38.2 Å².